The van der Waals surface area contributed by atoms with Gasteiger partial charge in [0.1, 0.15) is 19.8 Å². The van der Waals surface area contributed by atoms with Crippen molar-refractivity contribution < 1.29 is 55.5 Å². The van der Waals surface area contributed by atoms with Crippen molar-refractivity contribution in [3.8, 4) is 0 Å². The number of hydrogen-bond acceptors (Lipinski definition) is 11. The lowest BCUT2D eigenvalue weighted by atomic mass is 10.0. The summed E-state index contributed by atoms with van der Waals surface area (Å²) < 4.78 is 57.9. The van der Waals surface area contributed by atoms with Gasteiger partial charge in [-0.25, -0.2) is 13.9 Å². The van der Waals surface area contributed by atoms with Gasteiger partial charge in [0.2, 0.25) is 0 Å². The zero-order valence-corrected chi connectivity index (χ0v) is 43.0. The van der Waals surface area contributed by atoms with Crippen molar-refractivity contribution in [1.82, 2.24) is 0 Å². The summed E-state index contributed by atoms with van der Waals surface area (Å²) in [5.41, 5.74) is 5.51. The number of likely N-dealkylation sites (N-methyl/N-ethyl adjacent to an activating group) is 1. The quantitative estimate of drug-likeness (QED) is 0.0148. The number of quaternary nitrogens is 1. The zero-order chi connectivity index (χ0) is 48.2. The molecule has 0 aliphatic rings. The monoisotopic (exact) mass is 958 g/mol. The summed E-state index contributed by atoms with van der Waals surface area (Å²) in [6.45, 7) is 3.09. The van der Waals surface area contributed by atoms with Gasteiger partial charge >= 0.3 is 27.6 Å². The molecule has 0 aliphatic carbocycles. The first-order chi connectivity index (χ1) is 31.3. The van der Waals surface area contributed by atoms with Crippen LogP contribution >= 0.6 is 15.6 Å². The molecule has 15 heteroatoms. The Morgan fingerprint density at radius 1 is 0.585 bits per heavy atom. The minimum Gasteiger partial charge on any atom is -0.462 e. The maximum atomic E-state index is 13.5. The van der Waals surface area contributed by atoms with E-state index in [2.05, 4.69) is 26.0 Å². The molecule has 3 atom stereocenters. The Bertz CT molecular complexity index is 1460. The van der Waals surface area contributed by atoms with Crippen LogP contribution < -0.4 is 5.73 Å². The van der Waals surface area contributed by atoms with E-state index in [-0.39, 0.29) is 26.2 Å². The average molecular weight is 958 g/mol. The molecule has 0 aromatic carbocycles. The second-order valence-corrected chi connectivity index (χ2v) is 20.7. The second-order valence-electron chi connectivity index (χ2n) is 17.4. The van der Waals surface area contributed by atoms with E-state index >= 15 is 0 Å². The van der Waals surface area contributed by atoms with Crippen molar-refractivity contribution in [2.24, 2.45) is 5.73 Å². The SMILES string of the molecule is CCCCCCCCCC=CC=CC=CC=CC=CC=CC(=O)O[C@H](COC(=O)CCCCCCCCCCCCCCCCC)COP(=O)(OCCN)OP(=O)(O)OCC[N+](C)(C)C. The number of phosphoric ester groups is 2. The third-order valence-electron chi connectivity index (χ3n) is 10.0. The normalized spacial score (nSPS) is 15.0. The van der Waals surface area contributed by atoms with Gasteiger partial charge in [-0.05, 0) is 19.3 Å². The summed E-state index contributed by atoms with van der Waals surface area (Å²) in [6, 6.07) is 0. The largest absolute Gasteiger partial charge is 0.483 e. The Morgan fingerprint density at radius 2 is 1.05 bits per heavy atom. The molecule has 0 amide bonds. The number of nitrogens with zero attached hydrogens (tertiary/aromatic N) is 1. The van der Waals surface area contributed by atoms with Crippen molar-refractivity contribution >= 4 is 27.6 Å². The van der Waals surface area contributed by atoms with E-state index in [0.29, 0.717) is 17.4 Å². The number of rotatable bonds is 45. The highest BCUT2D eigenvalue weighted by Crippen LogP contribution is 2.63. The second kappa shape index (κ2) is 42.9. The van der Waals surface area contributed by atoms with Gasteiger partial charge < -0.3 is 24.6 Å². The van der Waals surface area contributed by atoms with Crippen LogP contribution in [0.25, 0.3) is 0 Å². The first-order valence-corrected chi connectivity index (χ1v) is 27.7. The molecule has 0 bridgehead atoms. The lowest BCUT2D eigenvalue weighted by molar-refractivity contribution is -0.870. The molecule has 376 valence electrons. The van der Waals surface area contributed by atoms with Crippen molar-refractivity contribution in [1.29, 1.82) is 0 Å². The number of carbonyl (C=O) groups excluding carboxylic acids is 2. The van der Waals surface area contributed by atoms with E-state index < -0.39 is 46.9 Å². The van der Waals surface area contributed by atoms with Crippen molar-refractivity contribution in [2.75, 3.05) is 60.7 Å². The number of allylic oxidation sites excluding steroid dienone is 11. The number of carbonyl (C=O) groups is 2. The number of esters is 2. The number of hydrogen-bond donors (Lipinski definition) is 2. The molecule has 0 saturated carbocycles. The molecule has 0 aromatic rings. The van der Waals surface area contributed by atoms with E-state index in [1.54, 1.807) is 18.2 Å². The van der Waals surface area contributed by atoms with Gasteiger partial charge in [0.15, 0.2) is 6.10 Å². The van der Waals surface area contributed by atoms with E-state index in [0.717, 1.165) is 31.8 Å². The van der Waals surface area contributed by atoms with E-state index in [1.807, 2.05) is 51.5 Å². The van der Waals surface area contributed by atoms with Crippen molar-refractivity contribution in [2.45, 2.75) is 174 Å². The van der Waals surface area contributed by atoms with Crippen LogP contribution in [0.4, 0.5) is 0 Å². The summed E-state index contributed by atoms with van der Waals surface area (Å²) in [6.07, 6.45) is 49.0. The van der Waals surface area contributed by atoms with Crippen LogP contribution in [0.2, 0.25) is 0 Å². The number of ether oxygens (including phenoxy) is 2. The van der Waals surface area contributed by atoms with Crippen LogP contribution in [-0.2, 0) is 46.1 Å². The van der Waals surface area contributed by atoms with Gasteiger partial charge in [-0.15, -0.1) is 0 Å². The molecule has 3 N–H and O–H groups in total. The Morgan fingerprint density at radius 3 is 1.54 bits per heavy atom. The molecule has 0 spiro atoms. The topological polar surface area (TPSA) is 170 Å². The van der Waals surface area contributed by atoms with E-state index in [1.165, 1.54) is 122 Å². The molecule has 0 heterocycles. The van der Waals surface area contributed by atoms with Crippen LogP contribution in [0.3, 0.4) is 0 Å². The fourth-order valence-electron chi connectivity index (χ4n) is 6.26. The Hall–Kier alpha value is -2.44. The van der Waals surface area contributed by atoms with E-state index in [4.69, 9.17) is 33.1 Å². The third-order valence-corrected chi connectivity index (χ3v) is 13.1. The van der Waals surface area contributed by atoms with Crippen LogP contribution in [0.5, 0.6) is 0 Å². The van der Waals surface area contributed by atoms with Gasteiger partial charge in [0.25, 0.3) is 0 Å². The van der Waals surface area contributed by atoms with Gasteiger partial charge in [0, 0.05) is 19.0 Å². The summed E-state index contributed by atoms with van der Waals surface area (Å²) in [4.78, 5) is 35.8. The molecule has 0 radical (unpaired) electrons. The minimum absolute atomic E-state index is 0.109. The van der Waals surface area contributed by atoms with E-state index in [9.17, 15) is 23.6 Å². The highest BCUT2D eigenvalue weighted by molar-refractivity contribution is 7.61. The van der Waals surface area contributed by atoms with Gasteiger partial charge in [0.05, 0.1) is 34.4 Å². The maximum absolute atomic E-state index is 13.5. The molecule has 0 aliphatic heterocycles. The minimum atomic E-state index is -4.93. The zero-order valence-electron chi connectivity index (χ0n) is 41.2. The van der Waals surface area contributed by atoms with Crippen LogP contribution in [0.15, 0.2) is 72.9 Å². The number of phosphoric acid groups is 2. The lowest BCUT2D eigenvalue weighted by Gasteiger charge is -2.25. The molecule has 0 aromatic heterocycles. The first-order valence-electron chi connectivity index (χ1n) is 24.7. The summed E-state index contributed by atoms with van der Waals surface area (Å²) >= 11 is 0. The lowest BCUT2D eigenvalue weighted by Crippen LogP contribution is -2.37. The molecule has 0 rings (SSSR count). The average Bonchev–Trinajstić information content (AvgIpc) is 3.25. The number of nitrogens with two attached hydrogens (primary N) is 1. The molecular formula is C50H91N2O11P2+. The fraction of sp³-hybridized carbons (Fsp3) is 0.720. The summed E-state index contributed by atoms with van der Waals surface area (Å²) in [5.74, 6) is -1.29. The van der Waals surface area contributed by atoms with Crippen LogP contribution in [0, 0.1) is 0 Å². The molecular weight excluding hydrogens is 867 g/mol. The predicted molar refractivity (Wildman–Crippen MR) is 266 cm³/mol. The summed E-state index contributed by atoms with van der Waals surface area (Å²) in [7, 11) is -4.14. The maximum Gasteiger partial charge on any atom is 0.483 e. The van der Waals surface area contributed by atoms with Crippen molar-refractivity contribution in [3.05, 3.63) is 72.9 Å². The van der Waals surface area contributed by atoms with Crippen molar-refractivity contribution in [3.63, 3.8) is 0 Å². The number of unbranched alkanes of at least 4 members (excludes halogenated alkanes) is 21. The molecule has 0 saturated heterocycles. The first kappa shape index (κ1) is 62.6. The van der Waals surface area contributed by atoms with Gasteiger partial charge in [-0.3, -0.25) is 18.4 Å². The molecule has 65 heavy (non-hydrogen) atoms. The fourth-order valence-corrected chi connectivity index (χ4v) is 8.90. The molecule has 2 unspecified atom stereocenters. The van der Waals surface area contributed by atoms with Crippen LogP contribution in [-0.4, -0.2) is 88.1 Å². The summed E-state index contributed by atoms with van der Waals surface area (Å²) in [5, 5.41) is 0. The Balaban J connectivity index is 5.11. The predicted octanol–water partition coefficient (Wildman–Crippen LogP) is 13.1. The smallest absolute Gasteiger partial charge is 0.462 e. The van der Waals surface area contributed by atoms with Gasteiger partial charge in [-0.1, -0.05) is 209 Å². The standard InChI is InChI=1S/C50H90N2O11P2/c1-6-8-10-12-14-16-18-20-22-23-24-25-27-29-31-33-35-37-39-41-50(54)62-48(47-61-65(57,60-44-42-51)63-64(55,56)59-45-43-52(3,4)5)46-58-49(53)40-38-36-34-32-30-28-26-21-19-17-15-13-11-9-7-2/h22-25,27,29,31,33,35,37,39,41,48H,6-21,26,28,30,32,34,36,38,40,42-47,51H2,1-5H3/p+1/t48-,65?/m1/s1. The third kappa shape index (κ3) is 45.1. The highest BCUT2D eigenvalue weighted by Gasteiger charge is 2.39. The highest BCUT2D eigenvalue weighted by atomic mass is 31.3. The Labute approximate surface area is 395 Å². The van der Waals surface area contributed by atoms with Crippen LogP contribution in [0.1, 0.15) is 168 Å². The molecule has 0 fully saturated rings. The Kier molecular flexibility index (Phi) is 41.3. The molecule has 13 nitrogen and oxygen atoms in total. The van der Waals surface area contributed by atoms with Gasteiger partial charge in [-0.2, -0.15) is 4.31 Å².